The van der Waals surface area contributed by atoms with Gasteiger partial charge in [-0.2, -0.15) is 13.2 Å². The molecule has 1 aliphatic rings. The zero-order chi connectivity index (χ0) is 19.5. The van der Waals surface area contributed by atoms with Crippen molar-refractivity contribution in [3.05, 3.63) is 23.9 Å². The molecule has 0 bridgehead atoms. The van der Waals surface area contributed by atoms with Crippen LogP contribution < -0.4 is 16.0 Å². The van der Waals surface area contributed by atoms with Gasteiger partial charge in [-0.15, -0.1) is 0 Å². The first kappa shape index (κ1) is 21.3. The van der Waals surface area contributed by atoms with E-state index in [2.05, 4.69) is 25.9 Å². The van der Waals surface area contributed by atoms with Crippen LogP contribution in [0.3, 0.4) is 0 Å². The molecule has 1 fully saturated rings. The van der Waals surface area contributed by atoms with Gasteiger partial charge < -0.3 is 20.7 Å². The van der Waals surface area contributed by atoms with Crippen LogP contribution in [0.1, 0.15) is 31.2 Å². The Morgan fingerprint density at radius 1 is 1.19 bits per heavy atom. The minimum absolute atomic E-state index is 0.428. The topological polar surface area (TPSA) is 70.6 Å². The Balaban J connectivity index is 1.50. The molecule has 0 amide bonds. The van der Waals surface area contributed by atoms with Gasteiger partial charge in [-0.3, -0.25) is 4.99 Å². The number of aliphatic imine (C=N–C) groups is 1. The molecule has 0 aromatic carbocycles. The third-order valence-corrected chi connectivity index (χ3v) is 4.07. The van der Waals surface area contributed by atoms with E-state index in [1.165, 1.54) is 18.9 Å². The third kappa shape index (κ3) is 8.94. The molecule has 1 saturated carbocycles. The van der Waals surface area contributed by atoms with Crippen LogP contribution in [0.5, 0.6) is 0 Å². The molecule has 1 heterocycles. The normalized spacial score (nSPS) is 14.9. The monoisotopic (exact) mass is 387 g/mol. The SMILES string of the molecule is CN=C(NCCCNc1ccc(C(F)(F)F)cn1)NCCCOCC1CC1. The summed E-state index contributed by atoms with van der Waals surface area (Å²) in [6.45, 7) is 3.71. The maximum Gasteiger partial charge on any atom is 0.417 e. The highest BCUT2D eigenvalue weighted by atomic mass is 19.4. The molecule has 1 aromatic heterocycles. The lowest BCUT2D eigenvalue weighted by Crippen LogP contribution is -2.38. The van der Waals surface area contributed by atoms with Crippen LogP contribution in [0.4, 0.5) is 19.0 Å². The number of halogens is 3. The minimum Gasteiger partial charge on any atom is -0.381 e. The number of aromatic nitrogens is 1. The number of hydrogen-bond acceptors (Lipinski definition) is 4. The van der Waals surface area contributed by atoms with E-state index in [0.717, 1.165) is 56.7 Å². The fourth-order valence-corrected chi connectivity index (χ4v) is 2.31. The van der Waals surface area contributed by atoms with Crippen LogP contribution in [0.15, 0.2) is 23.3 Å². The Hall–Kier alpha value is -2.03. The third-order valence-electron chi connectivity index (χ3n) is 4.07. The van der Waals surface area contributed by atoms with Crippen LogP contribution in [-0.2, 0) is 10.9 Å². The van der Waals surface area contributed by atoms with Crippen molar-refractivity contribution in [2.24, 2.45) is 10.9 Å². The summed E-state index contributed by atoms with van der Waals surface area (Å²) in [7, 11) is 1.71. The number of rotatable bonds is 11. The summed E-state index contributed by atoms with van der Waals surface area (Å²) >= 11 is 0. The average molecular weight is 387 g/mol. The van der Waals surface area contributed by atoms with Crippen LogP contribution >= 0.6 is 0 Å². The van der Waals surface area contributed by atoms with E-state index < -0.39 is 11.7 Å². The summed E-state index contributed by atoms with van der Waals surface area (Å²) in [5, 5.41) is 9.41. The van der Waals surface area contributed by atoms with Crippen molar-refractivity contribution in [3.63, 3.8) is 0 Å². The lowest BCUT2D eigenvalue weighted by molar-refractivity contribution is -0.137. The zero-order valence-electron chi connectivity index (χ0n) is 15.6. The molecule has 2 rings (SSSR count). The Morgan fingerprint density at radius 2 is 1.93 bits per heavy atom. The number of hydrogen-bond donors (Lipinski definition) is 3. The van der Waals surface area contributed by atoms with Gasteiger partial charge in [-0.25, -0.2) is 4.98 Å². The van der Waals surface area contributed by atoms with E-state index in [1.54, 1.807) is 7.05 Å². The molecule has 0 aliphatic heterocycles. The Kier molecular flexibility index (Phi) is 8.63. The molecule has 1 aromatic rings. The fraction of sp³-hybridized carbons (Fsp3) is 0.667. The summed E-state index contributed by atoms with van der Waals surface area (Å²) < 4.78 is 43.0. The first-order chi connectivity index (χ1) is 13.0. The summed E-state index contributed by atoms with van der Waals surface area (Å²) in [6.07, 6.45) is 0.780. The number of guanidine groups is 1. The first-order valence-corrected chi connectivity index (χ1v) is 9.28. The molecule has 9 heteroatoms. The van der Waals surface area contributed by atoms with Crippen molar-refractivity contribution < 1.29 is 17.9 Å². The minimum atomic E-state index is -4.36. The largest absolute Gasteiger partial charge is 0.417 e. The molecule has 152 valence electrons. The second-order valence-electron chi connectivity index (χ2n) is 6.51. The van der Waals surface area contributed by atoms with E-state index in [9.17, 15) is 13.2 Å². The van der Waals surface area contributed by atoms with Gasteiger partial charge in [-0.1, -0.05) is 0 Å². The van der Waals surface area contributed by atoms with E-state index in [0.29, 0.717) is 18.9 Å². The molecule has 0 radical (unpaired) electrons. The molecule has 0 unspecified atom stereocenters. The summed E-state index contributed by atoms with van der Waals surface area (Å²) in [4.78, 5) is 7.92. The first-order valence-electron chi connectivity index (χ1n) is 9.28. The second-order valence-corrected chi connectivity index (χ2v) is 6.51. The molecule has 6 nitrogen and oxygen atoms in total. The molecule has 1 aliphatic carbocycles. The maximum absolute atomic E-state index is 12.5. The van der Waals surface area contributed by atoms with Crippen LogP contribution in [0, 0.1) is 5.92 Å². The summed E-state index contributed by atoms with van der Waals surface area (Å²) in [5.74, 6) is 1.94. The van der Waals surface area contributed by atoms with Crippen molar-refractivity contribution in [2.75, 3.05) is 45.2 Å². The van der Waals surface area contributed by atoms with Gasteiger partial charge in [-0.05, 0) is 43.7 Å². The van der Waals surface area contributed by atoms with E-state index in [1.807, 2.05) is 0 Å². The van der Waals surface area contributed by atoms with Crippen LogP contribution in [0.2, 0.25) is 0 Å². The molecular formula is C18H28F3N5O. The number of alkyl halides is 3. The van der Waals surface area contributed by atoms with Crippen molar-refractivity contribution in [3.8, 4) is 0 Å². The second kappa shape index (κ2) is 11.0. The van der Waals surface area contributed by atoms with E-state index in [-0.39, 0.29) is 0 Å². The van der Waals surface area contributed by atoms with Crippen molar-refractivity contribution in [1.82, 2.24) is 15.6 Å². The molecule has 3 N–H and O–H groups in total. The van der Waals surface area contributed by atoms with Crippen LogP contribution in [0.25, 0.3) is 0 Å². The van der Waals surface area contributed by atoms with Gasteiger partial charge in [0.05, 0.1) is 5.56 Å². The highest BCUT2D eigenvalue weighted by Crippen LogP contribution is 2.29. The molecule has 0 atom stereocenters. The van der Waals surface area contributed by atoms with Crippen molar-refractivity contribution in [2.45, 2.75) is 31.9 Å². The van der Waals surface area contributed by atoms with E-state index in [4.69, 9.17) is 4.74 Å². The van der Waals surface area contributed by atoms with Gasteiger partial charge >= 0.3 is 6.18 Å². The number of ether oxygens (including phenoxy) is 1. The molecular weight excluding hydrogens is 359 g/mol. The number of nitrogens with zero attached hydrogens (tertiary/aromatic N) is 2. The number of nitrogens with one attached hydrogen (secondary N) is 3. The molecule has 27 heavy (non-hydrogen) atoms. The zero-order valence-corrected chi connectivity index (χ0v) is 15.6. The van der Waals surface area contributed by atoms with Gasteiger partial charge in [0.2, 0.25) is 0 Å². The lowest BCUT2D eigenvalue weighted by atomic mass is 10.3. The van der Waals surface area contributed by atoms with Gasteiger partial charge in [0.25, 0.3) is 0 Å². The lowest BCUT2D eigenvalue weighted by Gasteiger charge is -2.12. The van der Waals surface area contributed by atoms with E-state index >= 15 is 0 Å². The predicted octanol–water partition coefficient (Wildman–Crippen LogP) is 2.88. The molecule has 0 saturated heterocycles. The Labute approximate surface area is 158 Å². The fourth-order valence-electron chi connectivity index (χ4n) is 2.31. The van der Waals surface area contributed by atoms with Crippen LogP contribution in [-0.4, -0.2) is 50.8 Å². The number of pyridine rings is 1. The van der Waals surface area contributed by atoms with Gasteiger partial charge in [0.1, 0.15) is 5.82 Å². The summed E-state index contributed by atoms with van der Waals surface area (Å²) in [6, 6.07) is 2.36. The smallest absolute Gasteiger partial charge is 0.381 e. The quantitative estimate of drug-likeness (QED) is 0.309. The number of anilines is 1. The highest BCUT2D eigenvalue weighted by Gasteiger charge is 2.30. The Morgan fingerprint density at radius 3 is 2.52 bits per heavy atom. The van der Waals surface area contributed by atoms with Gasteiger partial charge in [0.15, 0.2) is 5.96 Å². The van der Waals surface area contributed by atoms with Crippen molar-refractivity contribution in [1.29, 1.82) is 0 Å². The summed E-state index contributed by atoms with van der Waals surface area (Å²) in [5.41, 5.74) is -0.748. The predicted molar refractivity (Wildman–Crippen MR) is 99.9 cm³/mol. The Bertz CT molecular complexity index is 573. The van der Waals surface area contributed by atoms with Crippen molar-refractivity contribution >= 4 is 11.8 Å². The molecule has 0 spiro atoms. The average Bonchev–Trinajstić information content (AvgIpc) is 3.46. The van der Waals surface area contributed by atoms with Gasteiger partial charge in [0, 0.05) is 46.1 Å². The maximum atomic E-state index is 12.5. The highest BCUT2D eigenvalue weighted by molar-refractivity contribution is 5.79. The standard InChI is InChI=1S/C18H28F3N5O/c1-22-17(25-10-3-11-27-13-14-4-5-14)24-9-2-8-23-16-7-6-15(12-26-16)18(19,20)21/h6-7,12,14H,2-5,8-11,13H2,1H3,(H,23,26)(H2,22,24,25).